The maximum Gasteiger partial charge on any atom is 0.284 e. The van der Waals surface area contributed by atoms with E-state index in [1.807, 2.05) is 6.07 Å². The van der Waals surface area contributed by atoms with Crippen LogP contribution in [0.4, 0.5) is 0 Å². The number of benzene rings is 1. The van der Waals surface area contributed by atoms with E-state index in [1.165, 1.54) is 22.7 Å². The van der Waals surface area contributed by atoms with E-state index in [2.05, 4.69) is 15.3 Å². The van der Waals surface area contributed by atoms with Gasteiger partial charge in [-0.1, -0.05) is 5.21 Å². The van der Waals surface area contributed by atoms with E-state index in [0.717, 1.165) is 0 Å². The fourth-order valence-electron chi connectivity index (χ4n) is 2.16. The van der Waals surface area contributed by atoms with Gasteiger partial charge in [0.1, 0.15) is 12.9 Å². The van der Waals surface area contributed by atoms with Crippen molar-refractivity contribution in [2.24, 2.45) is 0 Å². The summed E-state index contributed by atoms with van der Waals surface area (Å²) in [5, 5.41) is 16.5. The second kappa shape index (κ2) is 5.76. The van der Waals surface area contributed by atoms with Crippen LogP contribution in [-0.2, 0) is 6.54 Å². The highest BCUT2D eigenvalue weighted by atomic mass is 16.5. The van der Waals surface area contributed by atoms with Gasteiger partial charge in [-0.15, -0.1) is 5.10 Å². The molecule has 0 spiro atoms. The van der Waals surface area contributed by atoms with Crippen molar-refractivity contribution in [3.8, 4) is 23.3 Å². The molecule has 0 aliphatic carbocycles. The molecule has 23 heavy (non-hydrogen) atoms. The smallest absolute Gasteiger partial charge is 0.284 e. The van der Waals surface area contributed by atoms with Crippen molar-refractivity contribution < 1.29 is 9.47 Å². The number of hydrogen-bond acceptors (Lipinski definition) is 7. The lowest BCUT2D eigenvalue weighted by atomic mass is 10.2. The molecule has 0 fully saturated rings. The average molecular weight is 312 g/mol. The molecule has 3 aromatic rings. The largest absolute Gasteiger partial charge is 0.493 e. The lowest BCUT2D eigenvalue weighted by Gasteiger charge is -2.09. The van der Waals surface area contributed by atoms with Gasteiger partial charge in [-0.3, -0.25) is 9.36 Å². The molecular weight excluding hydrogens is 300 g/mol. The molecule has 0 amide bonds. The van der Waals surface area contributed by atoms with Crippen molar-refractivity contribution in [2.75, 3.05) is 14.2 Å². The summed E-state index contributed by atoms with van der Waals surface area (Å²) in [7, 11) is 3.07. The first kappa shape index (κ1) is 14.5. The minimum Gasteiger partial charge on any atom is -0.493 e. The second-order valence-corrected chi connectivity index (χ2v) is 4.55. The number of rotatable bonds is 4. The van der Waals surface area contributed by atoms with Crippen LogP contribution in [0.1, 0.15) is 0 Å². The third kappa shape index (κ3) is 2.36. The maximum absolute atomic E-state index is 12.2. The molecule has 3 rings (SSSR count). The quantitative estimate of drug-likeness (QED) is 0.691. The molecule has 0 unspecified atom stereocenters. The topological polar surface area (TPSA) is 108 Å². The van der Waals surface area contributed by atoms with Crippen LogP contribution in [-0.4, -0.2) is 38.8 Å². The predicted molar refractivity (Wildman–Crippen MR) is 79.6 cm³/mol. The van der Waals surface area contributed by atoms with Crippen LogP contribution in [0.5, 0.6) is 11.5 Å². The fourth-order valence-corrected chi connectivity index (χ4v) is 2.16. The molecule has 0 N–H and O–H groups in total. The molecule has 0 radical (unpaired) electrons. The Labute approximate surface area is 130 Å². The lowest BCUT2D eigenvalue weighted by molar-refractivity contribution is 0.355. The molecule has 2 aromatic heterocycles. The minimum absolute atomic E-state index is 0.0923. The van der Waals surface area contributed by atoms with Crippen molar-refractivity contribution in [2.45, 2.75) is 6.54 Å². The van der Waals surface area contributed by atoms with E-state index in [0.29, 0.717) is 22.8 Å². The zero-order chi connectivity index (χ0) is 16.4. The molecule has 9 nitrogen and oxygen atoms in total. The highest BCUT2D eigenvalue weighted by Gasteiger charge is 2.14. The van der Waals surface area contributed by atoms with Gasteiger partial charge in [0.05, 0.1) is 26.0 Å². The Kier molecular flexibility index (Phi) is 3.64. The van der Waals surface area contributed by atoms with Crippen LogP contribution >= 0.6 is 0 Å². The predicted octanol–water partition coefficient (Wildman–Crippen LogP) is 0.518. The monoisotopic (exact) mass is 312 g/mol. The molecule has 0 atom stereocenters. The van der Waals surface area contributed by atoms with Crippen molar-refractivity contribution in [3.05, 3.63) is 34.9 Å². The van der Waals surface area contributed by atoms with Crippen LogP contribution < -0.4 is 15.0 Å². The van der Waals surface area contributed by atoms with Gasteiger partial charge < -0.3 is 9.47 Å². The number of nitriles is 1. The molecule has 116 valence electrons. The van der Waals surface area contributed by atoms with Gasteiger partial charge in [0.15, 0.2) is 22.7 Å². The van der Waals surface area contributed by atoms with Crippen molar-refractivity contribution >= 4 is 11.2 Å². The number of aromatic nitrogens is 5. The summed E-state index contributed by atoms with van der Waals surface area (Å²) < 4.78 is 13.0. The Hall–Kier alpha value is -3.41. The molecule has 0 saturated heterocycles. The molecule has 9 heteroatoms. The Morgan fingerprint density at radius 2 is 2.04 bits per heavy atom. The zero-order valence-electron chi connectivity index (χ0n) is 12.4. The normalized spacial score (nSPS) is 10.5. The van der Waals surface area contributed by atoms with E-state index in [9.17, 15) is 4.79 Å². The number of fused-ring (bicyclic) bond motifs is 1. The van der Waals surface area contributed by atoms with Gasteiger partial charge in [-0.05, 0) is 12.1 Å². The summed E-state index contributed by atoms with van der Waals surface area (Å²) in [5.41, 5.74) is 0.604. The Morgan fingerprint density at radius 1 is 1.26 bits per heavy atom. The standard InChI is InChI=1S/C14H12N6O3/c1-22-10-4-3-9(7-11(10)23-2)20-13-12(17-18-20)14(21)19(6-5-15)8-16-13/h3-4,7-8H,6H2,1-2H3. The third-order valence-corrected chi connectivity index (χ3v) is 3.28. The second-order valence-electron chi connectivity index (χ2n) is 4.55. The fraction of sp³-hybridized carbons (Fsp3) is 0.214. The highest BCUT2D eigenvalue weighted by Crippen LogP contribution is 2.29. The molecule has 0 bridgehead atoms. The average Bonchev–Trinajstić information content (AvgIpc) is 3.01. The van der Waals surface area contributed by atoms with E-state index < -0.39 is 5.56 Å². The van der Waals surface area contributed by atoms with Gasteiger partial charge in [0, 0.05) is 6.07 Å². The molecule has 0 aliphatic heterocycles. The first-order valence-electron chi connectivity index (χ1n) is 6.59. The first-order chi connectivity index (χ1) is 11.2. The highest BCUT2D eigenvalue weighted by molar-refractivity contribution is 5.70. The zero-order valence-corrected chi connectivity index (χ0v) is 12.4. The minimum atomic E-state index is -0.414. The van der Waals surface area contributed by atoms with Crippen molar-refractivity contribution in [1.82, 2.24) is 24.5 Å². The molecule has 0 aliphatic rings. The van der Waals surface area contributed by atoms with Crippen LogP contribution in [0.15, 0.2) is 29.3 Å². The first-order valence-corrected chi connectivity index (χ1v) is 6.59. The van der Waals surface area contributed by atoms with Gasteiger partial charge in [0.2, 0.25) is 0 Å². The lowest BCUT2D eigenvalue weighted by Crippen LogP contribution is -2.20. The van der Waals surface area contributed by atoms with E-state index in [1.54, 1.807) is 25.3 Å². The Balaban J connectivity index is 2.17. The molecule has 0 saturated carbocycles. The summed E-state index contributed by atoms with van der Waals surface area (Å²) in [5.74, 6) is 1.09. The van der Waals surface area contributed by atoms with E-state index in [-0.39, 0.29) is 12.1 Å². The van der Waals surface area contributed by atoms with Gasteiger partial charge in [-0.25, -0.2) is 4.98 Å². The molecule has 1 aromatic carbocycles. The number of hydrogen-bond donors (Lipinski definition) is 0. The van der Waals surface area contributed by atoms with Crippen LogP contribution in [0, 0.1) is 11.3 Å². The SMILES string of the molecule is COc1ccc(-n2nnc3c(=O)n(CC#N)cnc32)cc1OC. The summed E-state index contributed by atoms with van der Waals surface area (Å²) >= 11 is 0. The van der Waals surface area contributed by atoms with Crippen LogP contribution in [0.2, 0.25) is 0 Å². The Bertz CT molecular complexity index is 969. The maximum atomic E-state index is 12.2. The van der Waals surface area contributed by atoms with E-state index in [4.69, 9.17) is 14.7 Å². The van der Waals surface area contributed by atoms with Gasteiger partial charge >= 0.3 is 0 Å². The number of methoxy groups -OCH3 is 2. The number of nitrogens with zero attached hydrogens (tertiary/aromatic N) is 6. The summed E-state index contributed by atoms with van der Waals surface area (Å²) in [6.45, 7) is -0.0923. The van der Waals surface area contributed by atoms with Crippen LogP contribution in [0.25, 0.3) is 16.9 Å². The summed E-state index contributed by atoms with van der Waals surface area (Å²) in [6, 6.07) is 7.07. The third-order valence-electron chi connectivity index (χ3n) is 3.28. The van der Waals surface area contributed by atoms with Crippen LogP contribution in [0.3, 0.4) is 0 Å². The van der Waals surface area contributed by atoms with Gasteiger partial charge in [0.25, 0.3) is 5.56 Å². The van der Waals surface area contributed by atoms with E-state index >= 15 is 0 Å². The molecule has 2 heterocycles. The van der Waals surface area contributed by atoms with Crippen molar-refractivity contribution in [3.63, 3.8) is 0 Å². The summed E-state index contributed by atoms with van der Waals surface area (Å²) in [6.07, 6.45) is 1.30. The summed E-state index contributed by atoms with van der Waals surface area (Å²) in [4.78, 5) is 16.4. The molecular formula is C14H12N6O3. The van der Waals surface area contributed by atoms with Crippen molar-refractivity contribution in [1.29, 1.82) is 5.26 Å². The van der Waals surface area contributed by atoms with Gasteiger partial charge in [-0.2, -0.15) is 9.94 Å². The Morgan fingerprint density at radius 3 is 2.74 bits per heavy atom. The number of ether oxygens (including phenoxy) is 2.